The SMILES string of the molecule is CCC(C)C(C(=O)Nc1cc(S(=O)(=O)N2CCOCC2)ccc1C)c1ccccc1. The molecule has 1 saturated heterocycles. The minimum Gasteiger partial charge on any atom is -0.379 e. The van der Waals surface area contributed by atoms with Crippen LogP contribution in [-0.4, -0.2) is 44.9 Å². The van der Waals surface area contributed by atoms with E-state index in [9.17, 15) is 13.2 Å². The van der Waals surface area contributed by atoms with Crippen LogP contribution in [0.25, 0.3) is 0 Å². The summed E-state index contributed by atoms with van der Waals surface area (Å²) >= 11 is 0. The van der Waals surface area contributed by atoms with Crippen molar-refractivity contribution in [3.8, 4) is 0 Å². The predicted molar refractivity (Wildman–Crippen MR) is 118 cm³/mol. The van der Waals surface area contributed by atoms with Gasteiger partial charge in [0.05, 0.1) is 24.0 Å². The number of carbonyl (C=O) groups is 1. The second-order valence-corrected chi connectivity index (χ2v) is 9.69. The number of morpholine rings is 1. The normalized spacial score (nSPS) is 17.3. The molecule has 30 heavy (non-hydrogen) atoms. The van der Waals surface area contributed by atoms with Gasteiger partial charge in [-0.15, -0.1) is 0 Å². The number of hydrogen-bond donors (Lipinski definition) is 1. The lowest BCUT2D eigenvalue weighted by atomic mass is 9.85. The van der Waals surface area contributed by atoms with Gasteiger partial charge >= 0.3 is 0 Å². The summed E-state index contributed by atoms with van der Waals surface area (Å²) in [5.41, 5.74) is 2.30. The molecule has 1 aliphatic heterocycles. The van der Waals surface area contributed by atoms with Crippen LogP contribution in [-0.2, 0) is 19.6 Å². The summed E-state index contributed by atoms with van der Waals surface area (Å²) in [6, 6.07) is 14.6. The number of benzene rings is 2. The zero-order valence-electron chi connectivity index (χ0n) is 17.8. The maximum absolute atomic E-state index is 13.2. The molecule has 1 heterocycles. The summed E-state index contributed by atoms with van der Waals surface area (Å²) in [5, 5.41) is 2.99. The topological polar surface area (TPSA) is 75.7 Å². The van der Waals surface area contributed by atoms with Crippen molar-refractivity contribution in [1.82, 2.24) is 4.31 Å². The molecule has 1 aliphatic rings. The van der Waals surface area contributed by atoms with E-state index < -0.39 is 10.0 Å². The summed E-state index contributed by atoms with van der Waals surface area (Å²) in [6.07, 6.45) is 0.859. The van der Waals surface area contributed by atoms with E-state index in [1.807, 2.05) is 37.3 Å². The van der Waals surface area contributed by atoms with Crippen LogP contribution < -0.4 is 5.32 Å². The largest absolute Gasteiger partial charge is 0.379 e. The molecule has 1 amide bonds. The molecule has 0 spiro atoms. The highest BCUT2D eigenvalue weighted by Gasteiger charge is 2.29. The third kappa shape index (κ3) is 4.91. The second-order valence-electron chi connectivity index (χ2n) is 7.76. The molecule has 162 valence electrons. The number of ether oxygens (including phenoxy) is 1. The molecule has 2 aromatic rings. The highest BCUT2D eigenvalue weighted by atomic mass is 32.2. The van der Waals surface area contributed by atoms with Gasteiger partial charge in [-0.3, -0.25) is 4.79 Å². The Bertz CT molecular complexity index is 970. The van der Waals surface area contributed by atoms with Crippen molar-refractivity contribution in [3.63, 3.8) is 0 Å². The minimum absolute atomic E-state index is 0.125. The average molecular weight is 431 g/mol. The lowest BCUT2D eigenvalue weighted by molar-refractivity contribution is -0.118. The molecule has 0 saturated carbocycles. The molecule has 2 aromatic carbocycles. The van der Waals surface area contributed by atoms with Crippen molar-refractivity contribution in [1.29, 1.82) is 0 Å². The fourth-order valence-corrected chi connectivity index (χ4v) is 5.11. The minimum atomic E-state index is -3.63. The van der Waals surface area contributed by atoms with E-state index >= 15 is 0 Å². The molecule has 2 atom stereocenters. The van der Waals surface area contributed by atoms with E-state index in [4.69, 9.17) is 4.74 Å². The predicted octanol–water partition coefficient (Wildman–Crippen LogP) is 3.78. The Morgan fingerprint density at radius 3 is 2.43 bits per heavy atom. The first-order chi connectivity index (χ1) is 14.3. The number of nitrogens with zero attached hydrogens (tertiary/aromatic N) is 1. The summed E-state index contributed by atoms with van der Waals surface area (Å²) in [5.74, 6) is -0.289. The van der Waals surface area contributed by atoms with Crippen molar-refractivity contribution >= 4 is 21.6 Å². The summed E-state index contributed by atoms with van der Waals surface area (Å²) in [6.45, 7) is 7.44. The smallest absolute Gasteiger partial charge is 0.243 e. The molecule has 6 nitrogen and oxygen atoms in total. The van der Waals surface area contributed by atoms with Crippen molar-refractivity contribution < 1.29 is 17.9 Å². The Hall–Kier alpha value is -2.22. The van der Waals surface area contributed by atoms with E-state index in [0.29, 0.717) is 32.0 Å². The molecule has 2 unspecified atom stereocenters. The number of carbonyl (C=O) groups excluding carboxylic acids is 1. The molecule has 0 aromatic heterocycles. The van der Waals surface area contributed by atoms with E-state index in [2.05, 4.69) is 19.2 Å². The molecular formula is C23H30N2O4S. The van der Waals surface area contributed by atoms with Gasteiger partial charge < -0.3 is 10.1 Å². The van der Waals surface area contributed by atoms with E-state index in [1.54, 1.807) is 18.2 Å². The Kier molecular flexibility index (Phi) is 7.28. The van der Waals surface area contributed by atoms with Crippen LogP contribution in [0.4, 0.5) is 5.69 Å². The molecule has 0 radical (unpaired) electrons. The van der Waals surface area contributed by atoms with Crippen LogP contribution >= 0.6 is 0 Å². The molecule has 3 rings (SSSR count). The van der Waals surface area contributed by atoms with E-state index in [1.165, 1.54) is 4.31 Å². The first kappa shape index (κ1) is 22.5. The zero-order valence-corrected chi connectivity index (χ0v) is 18.6. The average Bonchev–Trinajstić information content (AvgIpc) is 2.76. The van der Waals surface area contributed by atoms with Crippen molar-refractivity contribution in [2.24, 2.45) is 5.92 Å². The fourth-order valence-electron chi connectivity index (χ4n) is 3.68. The van der Waals surface area contributed by atoms with Crippen LogP contribution in [0.3, 0.4) is 0 Å². The maximum Gasteiger partial charge on any atom is 0.243 e. The molecule has 0 bridgehead atoms. The van der Waals surface area contributed by atoms with Crippen molar-refractivity contribution in [2.75, 3.05) is 31.6 Å². The van der Waals surface area contributed by atoms with Crippen molar-refractivity contribution in [3.05, 3.63) is 59.7 Å². The summed E-state index contributed by atoms with van der Waals surface area (Å²) < 4.78 is 32.7. The summed E-state index contributed by atoms with van der Waals surface area (Å²) in [7, 11) is -3.63. The lowest BCUT2D eigenvalue weighted by Crippen LogP contribution is -2.40. The number of aryl methyl sites for hydroxylation is 1. The number of nitrogens with one attached hydrogen (secondary N) is 1. The third-order valence-electron chi connectivity index (χ3n) is 5.73. The van der Waals surface area contributed by atoms with Gasteiger partial charge in [-0.1, -0.05) is 56.7 Å². The standard InChI is InChI=1S/C23H30N2O4S/c1-4-17(2)22(19-8-6-5-7-9-19)23(26)24-21-16-20(11-10-18(21)3)30(27,28)25-12-14-29-15-13-25/h5-11,16-17,22H,4,12-15H2,1-3H3,(H,24,26). The number of sulfonamides is 1. The second kappa shape index (κ2) is 9.73. The van der Waals surface area contributed by atoms with Gasteiger partial charge in [-0.25, -0.2) is 8.42 Å². The molecule has 0 aliphatic carbocycles. The van der Waals surface area contributed by atoms with Gasteiger partial charge in [0.15, 0.2) is 0 Å². The maximum atomic E-state index is 13.2. The highest BCUT2D eigenvalue weighted by Crippen LogP contribution is 2.30. The number of amides is 1. The monoisotopic (exact) mass is 430 g/mol. The Balaban J connectivity index is 1.88. The van der Waals surface area contributed by atoms with E-state index in [-0.39, 0.29) is 22.6 Å². The Morgan fingerprint density at radius 2 is 1.80 bits per heavy atom. The van der Waals surface area contributed by atoms with Crippen molar-refractivity contribution in [2.45, 2.75) is 38.0 Å². The van der Waals surface area contributed by atoms with Crippen LogP contribution in [0.5, 0.6) is 0 Å². The van der Waals surface area contributed by atoms with Crippen LogP contribution in [0, 0.1) is 12.8 Å². The van der Waals surface area contributed by atoms with E-state index in [0.717, 1.165) is 17.5 Å². The van der Waals surface area contributed by atoms with Gasteiger partial charge in [0.1, 0.15) is 0 Å². The lowest BCUT2D eigenvalue weighted by Gasteiger charge is -2.26. The van der Waals surface area contributed by atoms with Crippen LogP contribution in [0.1, 0.15) is 37.3 Å². The molecule has 1 fully saturated rings. The summed E-state index contributed by atoms with van der Waals surface area (Å²) in [4.78, 5) is 13.4. The number of rotatable bonds is 7. The van der Waals surface area contributed by atoms with Gasteiger partial charge in [-0.05, 0) is 36.1 Å². The Labute approximate surface area is 179 Å². The first-order valence-corrected chi connectivity index (χ1v) is 11.8. The van der Waals surface area contributed by atoms with Crippen LogP contribution in [0.2, 0.25) is 0 Å². The third-order valence-corrected chi connectivity index (χ3v) is 7.62. The Morgan fingerprint density at radius 1 is 1.13 bits per heavy atom. The molecule has 7 heteroatoms. The first-order valence-electron chi connectivity index (χ1n) is 10.4. The number of hydrogen-bond acceptors (Lipinski definition) is 4. The fraction of sp³-hybridized carbons (Fsp3) is 0.435. The molecular weight excluding hydrogens is 400 g/mol. The van der Waals surface area contributed by atoms with Gasteiger partial charge in [0.25, 0.3) is 0 Å². The number of anilines is 1. The van der Waals surface area contributed by atoms with Gasteiger partial charge in [0, 0.05) is 18.8 Å². The quantitative estimate of drug-likeness (QED) is 0.725. The van der Waals surface area contributed by atoms with Gasteiger partial charge in [-0.2, -0.15) is 4.31 Å². The van der Waals surface area contributed by atoms with Crippen LogP contribution in [0.15, 0.2) is 53.4 Å². The highest BCUT2D eigenvalue weighted by molar-refractivity contribution is 7.89. The molecule has 1 N–H and O–H groups in total. The zero-order chi connectivity index (χ0) is 21.7. The van der Waals surface area contributed by atoms with Gasteiger partial charge in [0.2, 0.25) is 15.9 Å².